The van der Waals surface area contributed by atoms with Gasteiger partial charge in [-0.1, -0.05) is 304 Å². The highest BCUT2D eigenvalue weighted by Crippen LogP contribution is 2.18. The van der Waals surface area contributed by atoms with Gasteiger partial charge in [0.05, 0.1) is 40.3 Å². The maximum atomic E-state index is 12.9. The highest BCUT2D eigenvalue weighted by atomic mass is 16.7. The number of quaternary nitrogens is 1. The molecule has 2 atom stereocenters. The third kappa shape index (κ3) is 64.0. The van der Waals surface area contributed by atoms with E-state index in [1.165, 1.54) is 180 Å². The van der Waals surface area contributed by atoms with Crippen molar-refractivity contribution in [2.75, 3.05) is 47.5 Å². The van der Waals surface area contributed by atoms with Gasteiger partial charge in [0.2, 0.25) is 0 Å². The van der Waals surface area contributed by atoms with Crippen molar-refractivity contribution in [2.45, 2.75) is 315 Å². The molecule has 0 fully saturated rings. The highest BCUT2D eigenvalue weighted by Gasteiger charge is 2.22. The van der Waals surface area contributed by atoms with Gasteiger partial charge in [-0.25, -0.2) is 0 Å². The van der Waals surface area contributed by atoms with Gasteiger partial charge >= 0.3 is 11.9 Å². The monoisotopic (exact) mass is 1150 g/mol. The molecule has 0 aliphatic heterocycles. The number of aliphatic carboxylic acids is 1. The van der Waals surface area contributed by atoms with Crippen LogP contribution in [0.4, 0.5) is 0 Å². The number of ether oxygens (including phenoxy) is 4. The fraction of sp³-hybridized carbons (Fsp3) is 0.767. The van der Waals surface area contributed by atoms with Crippen molar-refractivity contribution in [3.63, 3.8) is 0 Å². The first kappa shape index (κ1) is 78.5. The molecule has 0 amide bonds. The summed E-state index contributed by atoms with van der Waals surface area (Å²) in [6.45, 7) is 4.67. The SMILES string of the molecule is CC/C=C\C/C=C\C/C=C\C/C=C\C/C=C\C/C=C\C/C=C\CCCCCCCCCCCC(=O)OC(COC(=O)CCCCCCCCCCCCCCCCCCCCCCCCCCCC)COC(OCC[N+](C)(C)C)C(=O)[O-]. The normalized spacial score (nSPS) is 13.2. The van der Waals surface area contributed by atoms with Crippen LogP contribution in [-0.4, -0.2) is 82.3 Å². The van der Waals surface area contributed by atoms with Gasteiger partial charge in [-0.05, 0) is 70.6 Å². The van der Waals surface area contributed by atoms with E-state index in [1.807, 2.05) is 21.1 Å². The van der Waals surface area contributed by atoms with Crippen LogP contribution in [-0.2, 0) is 33.3 Å². The number of hydrogen-bond donors (Lipinski definition) is 0. The van der Waals surface area contributed by atoms with Gasteiger partial charge in [0.1, 0.15) is 13.2 Å². The van der Waals surface area contributed by atoms with Crippen molar-refractivity contribution in [2.24, 2.45) is 0 Å². The number of allylic oxidation sites excluding steroid dienone is 14. The standard InChI is InChI=1S/C73H129NO8/c1-6-8-10-12-14-16-18-20-22-24-26-28-30-32-34-35-36-37-38-40-42-44-46-48-50-52-54-56-58-60-62-64-71(76)82-69(68-81-73(72(77)78)79-66-65-74(3,4)5)67-80-70(75)63-61-59-57-55-53-51-49-47-45-43-41-39-33-31-29-27-25-23-21-19-17-15-13-11-9-7-2/h8,10,14,16,20,22,26,28,32,34,36-37,40,42,69,73H,6-7,9,11-13,15,17-19,21,23-25,27,29-31,33,35,38-39,41,43-68H2,1-5H3/b10-8-,16-14-,22-20-,28-26-,34-32-,37-36-,42-40-. The average molecular weight is 1150 g/mol. The van der Waals surface area contributed by atoms with E-state index in [2.05, 4.69) is 98.9 Å². The lowest BCUT2D eigenvalue weighted by atomic mass is 10.0. The van der Waals surface area contributed by atoms with Gasteiger partial charge in [0, 0.05) is 12.8 Å². The van der Waals surface area contributed by atoms with E-state index >= 15 is 0 Å². The Morgan fingerprint density at radius 3 is 1.04 bits per heavy atom. The number of carbonyl (C=O) groups excluding carboxylic acids is 3. The zero-order valence-corrected chi connectivity index (χ0v) is 54.1. The van der Waals surface area contributed by atoms with E-state index in [-0.39, 0.29) is 32.2 Å². The molecule has 0 radical (unpaired) electrons. The number of carboxylic acid groups (broad SMARTS) is 1. The second-order valence-electron chi connectivity index (χ2n) is 24.1. The van der Waals surface area contributed by atoms with Crippen LogP contribution in [0.2, 0.25) is 0 Å². The quantitative estimate of drug-likeness (QED) is 0.0195. The van der Waals surface area contributed by atoms with Crippen molar-refractivity contribution >= 4 is 17.9 Å². The van der Waals surface area contributed by atoms with E-state index < -0.39 is 24.3 Å². The van der Waals surface area contributed by atoms with Gasteiger partial charge in [-0.3, -0.25) is 9.59 Å². The minimum Gasteiger partial charge on any atom is -0.545 e. The van der Waals surface area contributed by atoms with Crippen molar-refractivity contribution in [1.82, 2.24) is 0 Å². The summed E-state index contributed by atoms with van der Waals surface area (Å²) in [6.07, 6.45) is 82.3. The van der Waals surface area contributed by atoms with Crippen molar-refractivity contribution in [3.8, 4) is 0 Å². The Morgan fingerprint density at radius 2 is 0.695 bits per heavy atom. The number of hydrogen-bond acceptors (Lipinski definition) is 8. The van der Waals surface area contributed by atoms with Crippen LogP contribution in [0.15, 0.2) is 85.1 Å². The first-order chi connectivity index (χ1) is 40.1. The number of likely N-dealkylation sites (N-methyl/N-ethyl adjacent to an activating group) is 1. The molecule has 474 valence electrons. The number of rotatable bonds is 63. The predicted molar refractivity (Wildman–Crippen MR) is 348 cm³/mol. The first-order valence-electron chi connectivity index (χ1n) is 34.2. The second kappa shape index (κ2) is 63.5. The summed E-state index contributed by atoms with van der Waals surface area (Å²) in [4.78, 5) is 37.5. The summed E-state index contributed by atoms with van der Waals surface area (Å²) in [5, 5.41) is 11.8. The largest absolute Gasteiger partial charge is 0.545 e. The Bertz CT molecular complexity index is 1620. The second-order valence-corrected chi connectivity index (χ2v) is 24.1. The number of unbranched alkanes of at least 4 members (excludes halogenated alkanes) is 34. The smallest absolute Gasteiger partial charge is 0.306 e. The fourth-order valence-corrected chi connectivity index (χ4v) is 9.70. The van der Waals surface area contributed by atoms with E-state index in [9.17, 15) is 19.5 Å². The minimum absolute atomic E-state index is 0.145. The number of carboxylic acids is 1. The zero-order valence-electron chi connectivity index (χ0n) is 54.1. The van der Waals surface area contributed by atoms with Gasteiger partial charge in [0.25, 0.3) is 0 Å². The number of nitrogens with zero attached hydrogens (tertiary/aromatic N) is 1. The van der Waals surface area contributed by atoms with Gasteiger partial charge in [0.15, 0.2) is 12.4 Å². The molecule has 2 unspecified atom stereocenters. The number of carbonyl (C=O) groups is 3. The third-order valence-electron chi connectivity index (χ3n) is 14.9. The van der Waals surface area contributed by atoms with Crippen LogP contribution in [0.25, 0.3) is 0 Å². The average Bonchev–Trinajstić information content (AvgIpc) is 3.45. The fourth-order valence-electron chi connectivity index (χ4n) is 9.70. The summed E-state index contributed by atoms with van der Waals surface area (Å²) < 4.78 is 22.8. The molecule has 0 spiro atoms. The summed E-state index contributed by atoms with van der Waals surface area (Å²) in [6, 6.07) is 0. The van der Waals surface area contributed by atoms with Crippen LogP contribution in [0.3, 0.4) is 0 Å². The van der Waals surface area contributed by atoms with Gasteiger partial charge in [-0.15, -0.1) is 0 Å². The molecule has 0 bridgehead atoms. The van der Waals surface area contributed by atoms with Crippen molar-refractivity contribution < 1.29 is 42.9 Å². The van der Waals surface area contributed by atoms with Crippen molar-refractivity contribution in [3.05, 3.63) is 85.1 Å². The first-order valence-corrected chi connectivity index (χ1v) is 34.2. The maximum absolute atomic E-state index is 12.9. The molecule has 0 aliphatic rings. The molecule has 0 heterocycles. The number of esters is 2. The maximum Gasteiger partial charge on any atom is 0.306 e. The predicted octanol–water partition coefficient (Wildman–Crippen LogP) is 19.7. The van der Waals surface area contributed by atoms with Crippen LogP contribution in [0, 0.1) is 0 Å². The van der Waals surface area contributed by atoms with Crippen LogP contribution in [0.5, 0.6) is 0 Å². The molecular formula is C73H129NO8. The van der Waals surface area contributed by atoms with E-state index in [0.29, 0.717) is 23.9 Å². The minimum atomic E-state index is -1.63. The molecule has 0 rings (SSSR count). The molecule has 0 aromatic heterocycles. The molecule has 0 aromatic carbocycles. The summed E-state index contributed by atoms with van der Waals surface area (Å²) in [7, 11) is 5.93. The Kier molecular flexibility index (Phi) is 60.8. The molecule has 0 N–H and O–H groups in total. The lowest BCUT2D eigenvalue weighted by Crippen LogP contribution is -2.44. The molecule has 0 aromatic rings. The molecule has 9 heteroatoms. The summed E-state index contributed by atoms with van der Waals surface area (Å²) in [5.74, 6) is -2.28. The topological polar surface area (TPSA) is 111 Å². The van der Waals surface area contributed by atoms with Gasteiger partial charge in [-0.2, -0.15) is 0 Å². The van der Waals surface area contributed by atoms with Crippen LogP contribution >= 0.6 is 0 Å². The molecule has 0 saturated heterocycles. The van der Waals surface area contributed by atoms with E-state index in [4.69, 9.17) is 18.9 Å². The lowest BCUT2D eigenvalue weighted by Gasteiger charge is -2.26. The Hall–Kier alpha value is -3.53. The Balaban J connectivity index is 4.16. The van der Waals surface area contributed by atoms with E-state index in [1.54, 1.807) is 0 Å². The summed E-state index contributed by atoms with van der Waals surface area (Å²) >= 11 is 0. The molecular weight excluding hydrogens is 1020 g/mol. The Morgan fingerprint density at radius 1 is 0.378 bits per heavy atom. The lowest BCUT2D eigenvalue weighted by molar-refractivity contribution is -0.870. The third-order valence-corrected chi connectivity index (χ3v) is 14.9. The van der Waals surface area contributed by atoms with E-state index in [0.717, 1.165) is 89.9 Å². The van der Waals surface area contributed by atoms with Crippen molar-refractivity contribution in [1.29, 1.82) is 0 Å². The highest BCUT2D eigenvalue weighted by molar-refractivity contribution is 5.70. The van der Waals surface area contributed by atoms with Crippen LogP contribution in [0.1, 0.15) is 303 Å². The molecule has 0 aliphatic carbocycles. The summed E-state index contributed by atoms with van der Waals surface area (Å²) in [5.41, 5.74) is 0. The zero-order chi connectivity index (χ0) is 59.8. The Labute approximate surface area is 506 Å². The van der Waals surface area contributed by atoms with Gasteiger partial charge < -0.3 is 33.3 Å². The molecule has 82 heavy (non-hydrogen) atoms. The molecule has 0 saturated carbocycles. The van der Waals surface area contributed by atoms with Crippen LogP contribution < -0.4 is 5.11 Å². The molecule has 9 nitrogen and oxygen atoms in total.